The number of ketones is 1. The molecule has 6 heteroatoms. The molecule has 27 heavy (non-hydrogen) atoms. The lowest BCUT2D eigenvalue weighted by molar-refractivity contribution is -0.119. The number of rotatable bonds is 7. The Hall–Kier alpha value is -2.89. The number of nitrogens with one attached hydrogen (secondary N) is 2. The van der Waals surface area contributed by atoms with Gasteiger partial charge in [-0.05, 0) is 57.0 Å². The van der Waals surface area contributed by atoms with Crippen molar-refractivity contribution in [1.82, 2.24) is 5.32 Å². The van der Waals surface area contributed by atoms with Crippen molar-refractivity contribution in [2.75, 3.05) is 11.9 Å². The van der Waals surface area contributed by atoms with Gasteiger partial charge in [-0.15, -0.1) is 0 Å². The first-order valence-electron chi connectivity index (χ1n) is 8.78. The summed E-state index contributed by atoms with van der Waals surface area (Å²) in [5.74, 6) is -0.547. The van der Waals surface area contributed by atoms with E-state index in [0.29, 0.717) is 12.1 Å². The number of ether oxygens (including phenoxy) is 1. The van der Waals surface area contributed by atoms with E-state index in [1.54, 1.807) is 32.9 Å². The minimum absolute atomic E-state index is 0.00106. The molecule has 0 aliphatic rings. The molecule has 2 N–H and O–H groups in total. The van der Waals surface area contributed by atoms with Gasteiger partial charge in [-0.25, -0.2) is 9.18 Å². The summed E-state index contributed by atoms with van der Waals surface area (Å²) < 4.78 is 18.2. The zero-order chi connectivity index (χ0) is 19.9. The summed E-state index contributed by atoms with van der Waals surface area (Å²) in [4.78, 5) is 24.8. The molecular formula is C21H25FN2O3. The monoisotopic (exact) mass is 372 g/mol. The molecule has 2 aromatic carbocycles. The number of amides is 1. The summed E-state index contributed by atoms with van der Waals surface area (Å²) in [5.41, 5.74) is 0.894. The molecule has 0 fully saturated rings. The van der Waals surface area contributed by atoms with Crippen LogP contribution in [-0.2, 0) is 16.0 Å². The van der Waals surface area contributed by atoms with Gasteiger partial charge in [0, 0.05) is 5.69 Å². The Bertz CT molecular complexity index is 755. The van der Waals surface area contributed by atoms with Crippen LogP contribution in [0, 0.1) is 5.82 Å². The quantitative estimate of drug-likeness (QED) is 0.772. The third kappa shape index (κ3) is 7.48. The fraction of sp³-hybridized carbons (Fsp3) is 0.333. The molecule has 1 atom stereocenters. The van der Waals surface area contributed by atoms with Gasteiger partial charge in [0.05, 0.1) is 12.6 Å². The predicted molar refractivity (Wildman–Crippen MR) is 103 cm³/mol. The predicted octanol–water partition coefficient (Wildman–Crippen LogP) is 3.94. The smallest absolute Gasteiger partial charge is 0.408 e. The Kier molecular flexibility index (Phi) is 6.93. The first kappa shape index (κ1) is 20.4. The lowest BCUT2D eigenvalue weighted by atomic mass is 10.0. The van der Waals surface area contributed by atoms with Gasteiger partial charge in [-0.2, -0.15) is 0 Å². The molecule has 0 aromatic heterocycles. The van der Waals surface area contributed by atoms with Gasteiger partial charge < -0.3 is 15.4 Å². The van der Waals surface area contributed by atoms with Crippen molar-refractivity contribution < 1.29 is 18.7 Å². The maximum absolute atomic E-state index is 13.0. The van der Waals surface area contributed by atoms with Crippen LogP contribution in [0.2, 0.25) is 0 Å². The molecule has 0 aliphatic heterocycles. The molecule has 0 spiro atoms. The largest absolute Gasteiger partial charge is 0.444 e. The van der Waals surface area contributed by atoms with E-state index in [0.717, 1.165) is 5.56 Å². The number of carbonyl (C=O) groups is 2. The second-order valence-electron chi connectivity index (χ2n) is 7.22. The van der Waals surface area contributed by atoms with Gasteiger partial charge in [0.1, 0.15) is 11.4 Å². The van der Waals surface area contributed by atoms with Crippen LogP contribution in [0.25, 0.3) is 0 Å². The number of carbonyl (C=O) groups excluding carboxylic acids is 2. The molecule has 5 nitrogen and oxygen atoms in total. The molecule has 0 unspecified atom stereocenters. The summed E-state index contributed by atoms with van der Waals surface area (Å²) in [6, 6.07) is 14.4. The number of Topliss-reactive ketones (excluding diaryl/α,β-unsaturated/α-hetero) is 1. The highest BCUT2D eigenvalue weighted by molar-refractivity contribution is 5.90. The maximum atomic E-state index is 13.0. The lowest BCUT2D eigenvalue weighted by Gasteiger charge is -2.23. The highest BCUT2D eigenvalue weighted by Crippen LogP contribution is 2.11. The summed E-state index contributed by atoms with van der Waals surface area (Å²) in [5, 5.41) is 5.61. The first-order chi connectivity index (χ1) is 12.7. The Morgan fingerprint density at radius 2 is 1.67 bits per heavy atom. The van der Waals surface area contributed by atoms with Crippen molar-refractivity contribution >= 4 is 17.6 Å². The van der Waals surface area contributed by atoms with E-state index in [2.05, 4.69) is 10.6 Å². The van der Waals surface area contributed by atoms with Crippen LogP contribution in [-0.4, -0.2) is 30.1 Å². The van der Waals surface area contributed by atoms with E-state index in [-0.39, 0.29) is 18.1 Å². The molecule has 2 rings (SSSR count). The van der Waals surface area contributed by atoms with E-state index < -0.39 is 17.7 Å². The second-order valence-corrected chi connectivity index (χ2v) is 7.22. The van der Waals surface area contributed by atoms with Gasteiger partial charge in [0.25, 0.3) is 0 Å². The number of halogens is 1. The lowest BCUT2D eigenvalue weighted by Crippen LogP contribution is -2.46. The fourth-order valence-corrected chi connectivity index (χ4v) is 2.43. The summed E-state index contributed by atoms with van der Waals surface area (Å²) in [7, 11) is 0. The summed E-state index contributed by atoms with van der Waals surface area (Å²) in [6.07, 6.45) is -0.289. The van der Waals surface area contributed by atoms with Crippen LogP contribution in [0.3, 0.4) is 0 Å². The van der Waals surface area contributed by atoms with Crippen LogP contribution in [0.5, 0.6) is 0 Å². The van der Waals surface area contributed by atoms with Crippen LogP contribution in [0.4, 0.5) is 14.9 Å². The minimum Gasteiger partial charge on any atom is -0.444 e. The molecule has 2 aromatic rings. The molecule has 0 bridgehead atoms. The van der Waals surface area contributed by atoms with Gasteiger partial charge in [0.2, 0.25) is 0 Å². The van der Waals surface area contributed by atoms with Gasteiger partial charge >= 0.3 is 6.09 Å². The molecular weight excluding hydrogens is 347 g/mol. The zero-order valence-corrected chi connectivity index (χ0v) is 15.8. The van der Waals surface area contributed by atoms with Crippen molar-refractivity contribution in [3.63, 3.8) is 0 Å². The van der Waals surface area contributed by atoms with Crippen molar-refractivity contribution in [1.29, 1.82) is 0 Å². The number of alkyl carbamates (subject to hydrolysis) is 1. The Labute approximate surface area is 158 Å². The summed E-state index contributed by atoms with van der Waals surface area (Å²) in [6.45, 7) is 5.28. The standard InChI is InChI=1S/C21H25FN2O3/c1-21(2,3)27-20(26)24-18(13-15-7-5-4-6-8-15)19(25)14-23-17-11-9-16(22)10-12-17/h4-12,18,23H,13-14H2,1-3H3,(H,24,26)/t18-/m0/s1. The Balaban J connectivity index is 2.03. The van der Waals surface area contributed by atoms with E-state index in [1.165, 1.54) is 12.1 Å². The number of hydrogen-bond donors (Lipinski definition) is 2. The van der Waals surface area contributed by atoms with Crippen molar-refractivity contribution in [2.24, 2.45) is 0 Å². The second kappa shape index (κ2) is 9.16. The Morgan fingerprint density at radius 3 is 2.26 bits per heavy atom. The Morgan fingerprint density at radius 1 is 1.04 bits per heavy atom. The number of benzene rings is 2. The van der Waals surface area contributed by atoms with Gasteiger partial charge in [-0.1, -0.05) is 30.3 Å². The van der Waals surface area contributed by atoms with Crippen molar-refractivity contribution in [2.45, 2.75) is 38.8 Å². The van der Waals surface area contributed by atoms with Crippen molar-refractivity contribution in [3.05, 3.63) is 66.0 Å². The molecule has 0 radical (unpaired) electrons. The fourth-order valence-electron chi connectivity index (χ4n) is 2.43. The van der Waals surface area contributed by atoms with E-state index in [9.17, 15) is 14.0 Å². The SMILES string of the molecule is CC(C)(C)OC(=O)N[C@@H](Cc1ccccc1)C(=O)CNc1ccc(F)cc1. The average Bonchev–Trinajstić information content (AvgIpc) is 2.59. The molecule has 0 saturated carbocycles. The van der Waals surface area contributed by atoms with E-state index in [1.807, 2.05) is 30.3 Å². The van der Waals surface area contributed by atoms with Crippen LogP contribution in [0.1, 0.15) is 26.3 Å². The molecule has 0 saturated heterocycles. The maximum Gasteiger partial charge on any atom is 0.408 e. The van der Waals surface area contributed by atoms with E-state index in [4.69, 9.17) is 4.74 Å². The minimum atomic E-state index is -0.741. The molecule has 0 aliphatic carbocycles. The van der Waals surface area contributed by atoms with Gasteiger partial charge in [0.15, 0.2) is 5.78 Å². The normalized spacial score (nSPS) is 12.1. The van der Waals surface area contributed by atoms with E-state index >= 15 is 0 Å². The molecule has 0 heterocycles. The molecule has 1 amide bonds. The van der Waals surface area contributed by atoms with Gasteiger partial charge in [-0.3, -0.25) is 4.79 Å². The number of hydrogen-bond acceptors (Lipinski definition) is 4. The average molecular weight is 372 g/mol. The summed E-state index contributed by atoms with van der Waals surface area (Å²) >= 11 is 0. The third-order valence-corrected chi connectivity index (χ3v) is 3.67. The topological polar surface area (TPSA) is 67.4 Å². The first-order valence-corrected chi connectivity index (χ1v) is 8.78. The highest BCUT2D eigenvalue weighted by Gasteiger charge is 2.24. The van der Waals surface area contributed by atoms with Crippen LogP contribution in [0.15, 0.2) is 54.6 Å². The number of anilines is 1. The highest BCUT2D eigenvalue weighted by atomic mass is 19.1. The van der Waals surface area contributed by atoms with Crippen molar-refractivity contribution in [3.8, 4) is 0 Å². The zero-order valence-electron chi connectivity index (χ0n) is 15.8. The van der Waals surface area contributed by atoms with Crippen LogP contribution >= 0.6 is 0 Å². The van der Waals surface area contributed by atoms with Crippen LogP contribution < -0.4 is 10.6 Å². The molecule has 144 valence electrons. The third-order valence-electron chi connectivity index (χ3n) is 3.67.